The highest BCUT2D eigenvalue weighted by atomic mass is 15.3. The summed E-state index contributed by atoms with van der Waals surface area (Å²) < 4.78 is 1.82. The van der Waals surface area contributed by atoms with E-state index in [4.69, 9.17) is 0 Å². The molecular formula is C10H14N4. The fraction of sp³-hybridized carbons (Fsp3) is 0.500. The van der Waals surface area contributed by atoms with E-state index in [1.165, 1.54) is 5.56 Å². The fourth-order valence-electron chi connectivity index (χ4n) is 1.82. The van der Waals surface area contributed by atoms with Crippen LogP contribution in [0.15, 0.2) is 0 Å². The Morgan fingerprint density at radius 1 is 1.14 bits per heavy atom. The van der Waals surface area contributed by atoms with E-state index in [-0.39, 0.29) is 0 Å². The largest absolute Gasteiger partial charge is 0.252 e. The predicted molar refractivity (Wildman–Crippen MR) is 54.4 cm³/mol. The van der Waals surface area contributed by atoms with Gasteiger partial charge in [-0.1, -0.05) is 6.92 Å². The van der Waals surface area contributed by atoms with Crippen LogP contribution in [0.25, 0.3) is 5.78 Å². The van der Waals surface area contributed by atoms with Gasteiger partial charge in [0.25, 0.3) is 5.78 Å². The molecule has 4 heteroatoms. The summed E-state index contributed by atoms with van der Waals surface area (Å²) in [4.78, 5) is 8.67. The molecule has 2 heterocycles. The van der Waals surface area contributed by atoms with Crippen molar-refractivity contribution < 1.29 is 0 Å². The molecule has 0 unspecified atom stereocenters. The lowest BCUT2D eigenvalue weighted by Crippen LogP contribution is -2.04. The summed E-state index contributed by atoms with van der Waals surface area (Å²) in [6, 6.07) is 0. The van der Waals surface area contributed by atoms with E-state index in [2.05, 4.69) is 28.9 Å². The highest BCUT2D eigenvalue weighted by molar-refractivity contribution is 5.36. The zero-order chi connectivity index (χ0) is 10.3. The number of hydrogen-bond acceptors (Lipinski definition) is 3. The third-order valence-corrected chi connectivity index (χ3v) is 2.51. The average molecular weight is 190 g/mol. The van der Waals surface area contributed by atoms with Crippen molar-refractivity contribution in [3.05, 3.63) is 22.8 Å². The summed E-state index contributed by atoms with van der Waals surface area (Å²) in [7, 11) is 0. The van der Waals surface area contributed by atoms with Crippen molar-refractivity contribution in [1.82, 2.24) is 19.6 Å². The molecule has 2 aromatic heterocycles. The Hall–Kier alpha value is -1.45. The molecule has 0 fully saturated rings. The summed E-state index contributed by atoms with van der Waals surface area (Å²) in [6.07, 6.45) is 0.986. The topological polar surface area (TPSA) is 43.1 Å². The Balaban J connectivity index is 2.84. The number of aromatic nitrogens is 4. The summed E-state index contributed by atoms with van der Waals surface area (Å²) >= 11 is 0. The maximum Gasteiger partial charge on any atom is 0.252 e. The number of rotatable bonds is 1. The normalized spacial score (nSPS) is 11.1. The zero-order valence-corrected chi connectivity index (χ0v) is 9.00. The van der Waals surface area contributed by atoms with Crippen LogP contribution >= 0.6 is 0 Å². The van der Waals surface area contributed by atoms with Gasteiger partial charge in [-0.25, -0.2) is 9.50 Å². The van der Waals surface area contributed by atoms with Crippen LogP contribution in [-0.4, -0.2) is 19.6 Å². The molecule has 0 amide bonds. The molecule has 0 aliphatic heterocycles. The minimum absolute atomic E-state index is 0.703. The Labute approximate surface area is 83.0 Å². The maximum atomic E-state index is 4.42. The van der Waals surface area contributed by atoms with Gasteiger partial charge in [0.05, 0.1) is 0 Å². The first-order valence-corrected chi connectivity index (χ1v) is 4.83. The standard InChI is InChI=1S/C10H14N4/c1-5-9-6(2)11-10-12-8(4)13-14(10)7(9)3/h5H2,1-4H3. The molecule has 0 radical (unpaired) electrons. The van der Waals surface area contributed by atoms with Crippen LogP contribution < -0.4 is 0 Å². The minimum Gasteiger partial charge on any atom is -0.216 e. The van der Waals surface area contributed by atoms with Gasteiger partial charge in [0.2, 0.25) is 0 Å². The number of fused-ring (bicyclic) bond motifs is 1. The number of aryl methyl sites for hydroxylation is 3. The van der Waals surface area contributed by atoms with Crippen LogP contribution in [0.5, 0.6) is 0 Å². The van der Waals surface area contributed by atoms with E-state index in [9.17, 15) is 0 Å². The quantitative estimate of drug-likeness (QED) is 0.686. The van der Waals surface area contributed by atoms with Gasteiger partial charge in [0, 0.05) is 11.4 Å². The van der Waals surface area contributed by atoms with E-state index in [1.54, 1.807) is 0 Å². The third kappa shape index (κ3) is 1.18. The highest BCUT2D eigenvalue weighted by Gasteiger charge is 2.09. The molecule has 0 atom stereocenters. The summed E-state index contributed by atoms with van der Waals surface area (Å²) in [5, 5.41) is 4.31. The third-order valence-electron chi connectivity index (χ3n) is 2.51. The van der Waals surface area contributed by atoms with E-state index in [1.807, 2.05) is 18.4 Å². The van der Waals surface area contributed by atoms with E-state index in [0.29, 0.717) is 5.78 Å². The first-order valence-electron chi connectivity index (χ1n) is 4.83. The van der Waals surface area contributed by atoms with Crippen molar-refractivity contribution in [2.45, 2.75) is 34.1 Å². The molecule has 0 saturated carbocycles. The smallest absolute Gasteiger partial charge is 0.216 e. The molecule has 74 valence electrons. The second-order valence-electron chi connectivity index (χ2n) is 3.49. The molecule has 14 heavy (non-hydrogen) atoms. The minimum atomic E-state index is 0.703. The van der Waals surface area contributed by atoms with Gasteiger partial charge in [-0.15, -0.1) is 0 Å². The van der Waals surface area contributed by atoms with Gasteiger partial charge in [-0.3, -0.25) is 0 Å². The molecule has 0 aromatic carbocycles. The van der Waals surface area contributed by atoms with E-state index < -0.39 is 0 Å². The fourth-order valence-corrected chi connectivity index (χ4v) is 1.82. The second kappa shape index (κ2) is 3.04. The van der Waals surface area contributed by atoms with Crippen molar-refractivity contribution in [3.63, 3.8) is 0 Å². The van der Waals surface area contributed by atoms with Crippen molar-refractivity contribution >= 4 is 5.78 Å². The molecule has 0 spiro atoms. The Morgan fingerprint density at radius 2 is 1.86 bits per heavy atom. The molecule has 4 nitrogen and oxygen atoms in total. The van der Waals surface area contributed by atoms with Crippen molar-refractivity contribution in [1.29, 1.82) is 0 Å². The first kappa shape index (κ1) is 9.12. The molecule has 0 saturated heterocycles. The van der Waals surface area contributed by atoms with Gasteiger partial charge in [-0.2, -0.15) is 10.1 Å². The number of nitrogens with zero attached hydrogens (tertiary/aromatic N) is 4. The van der Waals surface area contributed by atoms with Crippen LogP contribution in [0.2, 0.25) is 0 Å². The highest BCUT2D eigenvalue weighted by Crippen LogP contribution is 2.13. The molecule has 0 aliphatic rings. The lowest BCUT2D eigenvalue weighted by Gasteiger charge is -2.07. The predicted octanol–water partition coefficient (Wildman–Crippen LogP) is 1.61. The number of hydrogen-bond donors (Lipinski definition) is 0. The summed E-state index contributed by atoms with van der Waals surface area (Å²) in [5.41, 5.74) is 3.47. The van der Waals surface area contributed by atoms with Crippen LogP contribution in [-0.2, 0) is 6.42 Å². The van der Waals surface area contributed by atoms with E-state index >= 15 is 0 Å². The van der Waals surface area contributed by atoms with Crippen LogP contribution in [0.3, 0.4) is 0 Å². The molecule has 0 N–H and O–H groups in total. The van der Waals surface area contributed by atoms with Crippen LogP contribution in [0.1, 0.15) is 29.7 Å². The first-order chi connectivity index (χ1) is 6.63. The average Bonchev–Trinajstić information content (AvgIpc) is 2.47. The Kier molecular flexibility index (Phi) is 1.98. The molecule has 2 aromatic rings. The van der Waals surface area contributed by atoms with Crippen molar-refractivity contribution in [2.24, 2.45) is 0 Å². The van der Waals surface area contributed by atoms with Gasteiger partial charge in [0.15, 0.2) is 0 Å². The molecular weight excluding hydrogens is 176 g/mol. The monoisotopic (exact) mass is 190 g/mol. The van der Waals surface area contributed by atoms with Crippen molar-refractivity contribution in [3.8, 4) is 0 Å². The lowest BCUT2D eigenvalue weighted by atomic mass is 10.1. The van der Waals surface area contributed by atoms with Crippen LogP contribution in [0.4, 0.5) is 0 Å². The maximum absolute atomic E-state index is 4.42. The molecule has 0 bridgehead atoms. The Bertz CT molecular complexity index is 484. The second-order valence-corrected chi connectivity index (χ2v) is 3.49. The lowest BCUT2D eigenvalue weighted by molar-refractivity contribution is 0.839. The van der Waals surface area contributed by atoms with Gasteiger partial charge in [0.1, 0.15) is 5.82 Å². The van der Waals surface area contributed by atoms with Gasteiger partial charge in [-0.05, 0) is 32.8 Å². The van der Waals surface area contributed by atoms with Gasteiger partial charge >= 0.3 is 0 Å². The molecule has 2 rings (SSSR count). The summed E-state index contributed by atoms with van der Waals surface area (Å²) in [5.74, 6) is 1.47. The zero-order valence-electron chi connectivity index (χ0n) is 9.00. The van der Waals surface area contributed by atoms with E-state index in [0.717, 1.165) is 23.6 Å². The van der Waals surface area contributed by atoms with Crippen molar-refractivity contribution in [2.75, 3.05) is 0 Å². The van der Waals surface area contributed by atoms with Crippen LogP contribution in [0, 0.1) is 20.8 Å². The summed E-state index contributed by atoms with van der Waals surface area (Å²) in [6.45, 7) is 8.10. The molecule has 0 aliphatic carbocycles. The SMILES string of the molecule is CCc1c(C)nc2nc(C)nn2c1C. The van der Waals surface area contributed by atoms with Gasteiger partial charge < -0.3 is 0 Å². The Morgan fingerprint density at radius 3 is 2.50 bits per heavy atom.